The van der Waals surface area contributed by atoms with E-state index in [1.54, 1.807) is 24.3 Å². The van der Waals surface area contributed by atoms with Gasteiger partial charge in [0.05, 0.1) is 5.75 Å². The molecule has 0 saturated heterocycles. The number of hydrogen-bond acceptors (Lipinski definition) is 4. The van der Waals surface area contributed by atoms with Crippen LogP contribution < -0.4 is 10.6 Å². The average Bonchev–Trinajstić information content (AvgIpc) is 2.67. The van der Waals surface area contributed by atoms with Gasteiger partial charge in [-0.25, -0.2) is 13.2 Å². The van der Waals surface area contributed by atoms with Crippen LogP contribution in [0.15, 0.2) is 48.5 Å². The monoisotopic (exact) mass is 443 g/mol. The number of amides is 2. The number of anilines is 1. The topological polar surface area (TPSA) is 78.5 Å². The third kappa shape index (κ3) is 6.80. The van der Waals surface area contributed by atoms with Gasteiger partial charge in [-0.05, 0) is 34.6 Å². The van der Waals surface area contributed by atoms with E-state index in [9.17, 15) is 13.2 Å². The van der Waals surface area contributed by atoms with Gasteiger partial charge >= 0.3 is 6.03 Å². The smallest absolute Gasteiger partial charge is 0.319 e. The standard InChI is InChI=1S/C24H33N3O3S/c1-24(2,3)22(16-27-14-13-18-9-5-6-10-19(18)15-27)26-23(28)25-21-12-8-7-11-20(21)17-31(4,29)30/h5-12,22H,13-17H2,1-4H3,(H2,25,26,28). The second-order valence-corrected chi connectivity index (χ2v) is 11.6. The molecule has 3 rings (SSSR count). The highest BCUT2D eigenvalue weighted by atomic mass is 32.2. The molecular weight excluding hydrogens is 410 g/mol. The molecule has 7 heteroatoms. The van der Waals surface area contributed by atoms with E-state index in [2.05, 4.69) is 60.6 Å². The minimum atomic E-state index is -3.20. The van der Waals surface area contributed by atoms with Crippen LogP contribution in [0.1, 0.15) is 37.5 Å². The zero-order chi connectivity index (χ0) is 22.6. The van der Waals surface area contributed by atoms with Gasteiger partial charge in [-0.3, -0.25) is 4.90 Å². The fourth-order valence-electron chi connectivity index (χ4n) is 3.87. The fourth-order valence-corrected chi connectivity index (χ4v) is 4.69. The van der Waals surface area contributed by atoms with Gasteiger partial charge < -0.3 is 10.6 Å². The lowest BCUT2D eigenvalue weighted by atomic mass is 9.86. The van der Waals surface area contributed by atoms with Crippen LogP contribution in [0.3, 0.4) is 0 Å². The van der Waals surface area contributed by atoms with Crippen LogP contribution in [0, 0.1) is 5.41 Å². The number of nitrogens with zero attached hydrogens (tertiary/aromatic N) is 1. The number of sulfone groups is 1. The summed E-state index contributed by atoms with van der Waals surface area (Å²) in [5.41, 5.74) is 3.71. The van der Waals surface area contributed by atoms with E-state index in [0.717, 1.165) is 26.1 Å². The Kier molecular flexibility index (Phi) is 7.06. The van der Waals surface area contributed by atoms with E-state index in [0.29, 0.717) is 11.3 Å². The van der Waals surface area contributed by atoms with E-state index < -0.39 is 9.84 Å². The summed E-state index contributed by atoms with van der Waals surface area (Å²) in [7, 11) is -3.20. The lowest BCUT2D eigenvalue weighted by Crippen LogP contribution is -2.52. The van der Waals surface area contributed by atoms with Gasteiger partial charge in [-0.2, -0.15) is 0 Å². The Labute approximate surface area is 186 Å². The Morgan fingerprint density at radius 3 is 2.39 bits per heavy atom. The summed E-state index contributed by atoms with van der Waals surface area (Å²) in [6.45, 7) is 8.94. The van der Waals surface area contributed by atoms with Gasteiger partial charge in [0.2, 0.25) is 0 Å². The first-order chi connectivity index (χ1) is 14.5. The number of hydrogen-bond donors (Lipinski definition) is 2. The summed E-state index contributed by atoms with van der Waals surface area (Å²) < 4.78 is 23.4. The number of nitrogens with one attached hydrogen (secondary N) is 2. The quantitative estimate of drug-likeness (QED) is 0.711. The summed E-state index contributed by atoms with van der Waals surface area (Å²) in [5, 5.41) is 5.98. The number of carbonyl (C=O) groups is 1. The SMILES string of the molecule is CC(C)(C)C(CN1CCc2ccccc2C1)NC(=O)Nc1ccccc1CS(C)(=O)=O. The van der Waals surface area contributed by atoms with Crippen molar-refractivity contribution in [1.29, 1.82) is 0 Å². The Morgan fingerprint density at radius 2 is 1.71 bits per heavy atom. The molecular formula is C24H33N3O3S. The molecule has 1 aliphatic heterocycles. The number of para-hydroxylation sites is 1. The van der Waals surface area contributed by atoms with E-state index in [1.165, 1.54) is 17.4 Å². The van der Waals surface area contributed by atoms with Crippen molar-refractivity contribution in [3.05, 3.63) is 65.2 Å². The van der Waals surface area contributed by atoms with Crippen LogP contribution in [-0.2, 0) is 28.6 Å². The van der Waals surface area contributed by atoms with Gasteiger partial charge in [0.1, 0.15) is 0 Å². The molecule has 0 aromatic heterocycles. The number of rotatable bonds is 6. The summed E-state index contributed by atoms with van der Waals surface area (Å²) in [5.74, 6) is -0.112. The zero-order valence-corrected chi connectivity index (χ0v) is 19.6. The summed E-state index contributed by atoms with van der Waals surface area (Å²) in [6, 6.07) is 15.1. The Hall–Kier alpha value is -2.38. The molecule has 0 saturated carbocycles. The van der Waals surface area contributed by atoms with E-state index in [-0.39, 0.29) is 23.2 Å². The second-order valence-electron chi connectivity index (χ2n) is 9.50. The number of urea groups is 1. The van der Waals surface area contributed by atoms with Crippen molar-refractivity contribution >= 4 is 21.6 Å². The maximum absolute atomic E-state index is 12.8. The van der Waals surface area contributed by atoms with Crippen molar-refractivity contribution in [2.45, 2.75) is 45.5 Å². The molecule has 0 aliphatic carbocycles. The first-order valence-electron chi connectivity index (χ1n) is 10.6. The highest BCUT2D eigenvalue weighted by Gasteiger charge is 2.29. The van der Waals surface area contributed by atoms with Crippen molar-refractivity contribution in [2.75, 3.05) is 24.7 Å². The molecule has 2 aromatic carbocycles. The highest BCUT2D eigenvalue weighted by molar-refractivity contribution is 7.89. The van der Waals surface area contributed by atoms with Crippen LogP contribution in [0.5, 0.6) is 0 Å². The lowest BCUT2D eigenvalue weighted by molar-refractivity contribution is 0.164. The van der Waals surface area contributed by atoms with Crippen LogP contribution in [-0.4, -0.2) is 44.7 Å². The molecule has 0 fully saturated rings. The maximum Gasteiger partial charge on any atom is 0.319 e. The lowest BCUT2D eigenvalue weighted by Gasteiger charge is -2.38. The maximum atomic E-state index is 12.8. The van der Waals surface area contributed by atoms with E-state index in [1.807, 2.05) is 0 Å². The molecule has 2 aromatic rings. The molecule has 2 amide bonds. The fraction of sp³-hybridized carbons (Fsp3) is 0.458. The van der Waals surface area contributed by atoms with Crippen molar-refractivity contribution in [3.8, 4) is 0 Å². The predicted molar refractivity (Wildman–Crippen MR) is 126 cm³/mol. The third-order valence-electron chi connectivity index (χ3n) is 5.68. The van der Waals surface area contributed by atoms with Crippen molar-refractivity contribution < 1.29 is 13.2 Å². The molecule has 0 spiro atoms. The van der Waals surface area contributed by atoms with Crippen LogP contribution in [0.25, 0.3) is 0 Å². The van der Waals surface area contributed by atoms with Crippen LogP contribution in [0.2, 0.25) is 0 Å². The van der Waals surface area contributed by atoms with Gasteiger partial charge in [-0.15, -0.1) is 0 Å². The van der Waals surface area contributed by atoms with Crippen molar-refractivity contribution in [3.63, 3.8) is 0 Å². The van der Waals surface area contributed by atoms with Crippen molar-refractivity contribution in [2.24, 2.45) is 5.41 Å². The first kappa shape index (κ1) is 23.3. The Bertz CT molecular complexity index is 1030. The Balaban J connectivity index is 1.68. The van der Waals surface area contributed by atoms with Crippen LogP contribution >= 0.6 is 0 Å². The first-order valence-corrected chi connectivity index (χ1v) is 12.7. The van der Waals surface area contributed by atoms with E-state index >= 15 is 0 Å². The zero-order valence-electron chi connectivity index (χ0n) is 18.8. The number of carbonyl (C=O) groups excluding carboxylic acids is 1. The molecule has 2 N–H and O–H groups in total. The van der Waals surface area contributed by atoms with E-state index in [4.69, 9.17) is 0 Å². The molecule has 0 bridgehead atoms. The number of fused-ring (bicyclic) bond motifs is 1. The minimum Gasteiger partial charge on any atom is -0.333 e. The predicted octanol–water partition coefficient (Wildman–Crippen LogP) is 3.83. The van der Waals surface area contributed by atoms with Gasteiger partial charge in [0.25, 0.3) is 0 Å². The van der Waals surface area contributed by atoms with Gasteiger partial charge in [-0.1, -0.05) is 63.2 Å². The van der Waals surface area contributed by atoms with Crippen LogP contribution in [0.4, 0.5) is 10.5 Å². The minimum absolute atomic E-state index is 0.0696. The molecule has 31 heavy (non-hydrogen) atoms. The molecule has 168 valence electrons. The van der Waals surface area contributed by atoms with Gasteiger partial charge in [0, 0.05) is 37.6 Å². The molecule has 1 heterocycles. The normalized spacial score (nSPS) is 15.7. The summed E-state index contributed by atoms with van der Waals surface area (Å²) in [4.78, 5) is 15.2. The third-order valence-corrected chi connectivity index (χ3v) is 6.52. The number of benzene rings is 2. The molecule has 1 aliphatic rings. The summed E-state index contributed by atoms with van der Waals surface area (Å²) in [6.07, 6.45) is 2.20. The largest absolute Gasteiger partial charge is 0.333 e. The molecule has 6 nitrogen and oxygen atoms in total. The second kappa shape index (κ2) is 9.40. The Morgan fingerprint density at radius 1 is 1.06 bits per heavy atom. The van der Waals surface area contributed by atoms with Gasteiger partial charge in [0.15, 0.2) is 9.84 Å². The highest BCUT2D eigenvalue weighted by Crippen LogP contribution is 2.24. The summed E-state index contributed by atoms with van der Waals surface area (Å²) >= 11 is 0. The molecule has 0 radical (unpaired) electrons. The molecule has 1 unspecified atom stereocenters. The molecule has 1 atom stereocenters. The van der Waals surface area contributed by atoms with Crippen molar-refractivity contribution in [1.82, 2.24) is 10.2 Å². The average molecular weight is 444 g/mol.